The molecule has 1 saturated heterocycles. The molecule has 5 heteroatoms. The number of hydrogen-bond acceptors (Lipinski definition) is 3. The van der Waals surface area contributed by atoms with E-state index in [0.717, 1.165) is 0 Å². The van der Waals surface area contributed by atoms with Crippen molar-refractivity contribution in [3.63, 3.8) is 0 Å². The Morgan fingerprint density at radius 2 is 2.21 bits per heavy atom. The van der Waals surface area contributed by atoms with Crippen LogP contribution >= 0.6 is 0 Å². The molecule has 0 spiro atoms. The monoisotopic (exact) mass is 200 g/mol. The van der Waals surface area contributed by atoms with Crippen LogP contribution in [0.25, 0.3) is 0 Å². The second kappa shape index (κ2) is 4.41. The van der Waals surface area contributed by atoms with Gasteiger partial charge in [0.05, 0.1) is 6.42 Å². The maximum absolute atomic E-state index is 11.4. The highest BCUT2D eigenvalue weighted by Gasteiger charge is 2.30. The third kappa shape index (κ3) is 2.45. The summed E-state index contributed by atoms with van der Waals surface area (Å²) >= 11 is 0. The van der Waals surface area contributed by atoms with Crippen LogP contribution in [0.15, 0.2) is 0 Å². The van der Waals surface area contributed by atoms with Crippen LogP contribution in [-0.4, -0.2) is 46.1 Å². The van der Waals surface area contributed by atoms with E-state index in [1.54, 1.807) is 5.01 Å². The van der Waals surface area contributed by atoms with Crippen molar-refractivity contribution in [2.45, 2.75) is 32.7 Å². The van der Waals surface area contributed by atoms with E-state index in [9.17, 15) is 9.59 Å². The lowest BCUT2D eigenvalue weighted by atomic mass is 10.3. The number of nitrogens with zero attached hydrogens (tertiary/aromatic N) is 2. The van der Waals surface area contributed by atoms with Crippen LogP contribution < -0.4 is 0 Å². The van der Waals surface area contributed by atoms with Crippen molar-refractivity contribution in [3.8, 4) is 0 Å². The van der Waals surface area contributed by atoms with Crippen molar-refractivity contribution in [3.05, 3.63) is 0 Å². The highest BCUT2D eigenvalue weighted by Crippen LogP contribution is 2.15. The molecule has 1 fully saturated rings. The predicted molar refractivity (Wildman–Crippen MR) is 50.4 cm³/mol. The standard InChI is InChI=1S/C9H16N2O3/c1-7(2)11-8(12)3-5-10(11)6-4-9(13)14/h7H,3-6H2,1-2H3,(H,13,14). The predicted octanol–water partition coefficient (Wildman–Crippen LogP) is 0.319. The molecule has 5 nitrogen and oxygen atoms in total. The van der Waals surface area contributed by atoms with Gasteiger partial charge in [-0.25, -0.2) is 5.01 Å². The van der Waals surface area contributed by atoms with E-state index in [4.69, 9.17) is 5.11 Å². The second-order valence-electron chi connectivity index (χ2n) is 3.68. The Hall–Kier alpha value is -1.10. The van der Waals surface area contributed by atoms with Crippen LogP contribution in [0.5, 0.6) is 0 Å². The van der Waals surface area contributed by atoms with E-state index < -0.39 is 5.97 Å². The smallest absolute Gasteiger partial charge is 0.304 e. The molecule has 1 N–H and O–H groups in total. The summed E-state index contributed by atoms with van der Waals surface area (Å²) in [6, 6.07) is 0.110. The highest BCUT2D eigenvalue weighted by atomic mass is 16.4. The third-order valence-corrected chi connectivity index (χ3v) is 2.22. The van der Waals surface area contributed by atoms with Crippen LogP contribution in [-0.2, 0) is 9.59 Å². The molecule has 1 heterocycles. The minimum atomic E-state index is -0.826. The normalized spacial score (nSPS) is 18.2. The summed E-state index contributed by atoms with van der Waals surface area (Å²) < 4.78 is 0. The summed E-state index contributed by atoms with van der Waals surface area (Å²) in [5, 5.41) is 12.0. The third-order valence-electron chi connectivity index (χ3n) is 2.22. The minimum absolute atomic E-state index is 0.0799. The minimum Gasteiger partial charge on any atom is -0.481 e. The second-order valence-corrected chi connectivity index (χ2v) is 3.68. The largest absolute Gasteiger partial charge is 0.481 e. The first-order valence-electron chi connectivity index (χ1n) is 4.81. The number of carboxylic acids is 1. The van der Waals surface area contributed by atoms with Gasteiger partial charge in [-0.05, 0) is 13.8 Å². The Morgan fingerprint density at radius 3 is 2.71 bits per heavy atom. The zero-order valence-corrected chi connectivity index (χ0v) is 8.56. The van der Waals surface area contributed by atoms with Gasteiger partial charge >= 0.3 is 5.97 Å². The van der Waals surface area contributed by atoms with Gasteiger partial charge in [-0.1, -0.05) is 0 Å². The fraction of sp³-hybridized carbons (Fsp3) is 0.778. The van der Waals surface area contributed by atoms with E-state index in [-0.39, 0.29) is 18.4 Å². The Morgan fingerprint density at radius 1 is 1.57 bits per heavy atom. The maximum Gasteiger partial charge on any atom is 0.304 e. The number of carbonyl (C=O) groups excluding carboxylic acids is 1. The molecule has 0 aromatic rings. The van der Waals surface area contributed by atoms with Crippen molar-refractivity contribution >= 4 is 11.9 Å². The van der Waals surface area contributed by atoms with E-state index in [2.05, 4.69) is 0 Å². The van der Waals surface area contributed by atoms with E-state index in [1.807, 2.05) is 18.9 Å². The summed E-state index contributed by atoms with van der Waals surface area (Å²) in [6.07, 6.45) is 0.578. The molecular weight excluding hydrogens is 184 g/mol. The molecule has 0 aliphatic carbocycles. The Bertz CT molecular complexity index is 240. The summed E-state index contributed by atoms with van der Waals surface area (Å²) in [4.78, 5) is 21.8. The van der Waals surface area contributed by atoms with Gasteiger partial charge in [0, 0.05) is 25.6 Å². The number of rotatable bonds is 4. The molecule has 0 aromatic heterocycles. The summed E-state index contributed by atoms with van der Waals surface area (Å²) in [6.45, 7) is 4.91. The Labute approximate surface area is 83.3 Å². The molecule has 0 saturated carbocycles. The Balaban J connectivity index is 2.51. The van der Waals surface area contributed by atoms with Gasteiger partial charge in [0.2, 0.25) is 5.91 Å². The van der Waals surface area contributed by atoms with Crippen LogP contribution in [0.1, 0.15) is 26.7 Å². The van der Waals surface area contributed by atoms with Gasteiger partial charge in [-0.2, -0.15) is 0 Å². The molecule has 1 aliphatic heterocycles. The molecule has 0 bridgehead atoms. The summed E-state index contributed by atoms with van der Waals surface area (Å²) in [5.41, 5.74) is 0. The number of aliphatic carboxylic acids is 1. The average molecular weight is 200 g/mol. The van der Waals surface area contributed by atoms with Crippen molar-refractivity contribution in [2.24, 2.45) is 0 Å². The Kier molecular flexibility index (Phi) is 3.46. The van der Waals surface area contributed by atoms with Crippen LogP contribution in [0.3, 0.4) is 0 Å². The zero-order chi connectivity index (χ0) is 10.7. The average Bonchev–Trinajstić information content (AvgIpc) is 2.43. The van der Waals surface area contributed by atoms with Gasteiger partial charge in [0.15, 0.2) is 0 Å². The van der Waals surface area contributed by atoms with Crippen LogP contribution in [0.4, 0.5) is 0 Å². The van der Waals surface area contributed by atoms with E-state index >= 15 is 0 Å². The zero-order valence-electron chi connectivity index (χ0n) is 8.56. The van der Waals surface area contributed by atoms with Gasteiger partial charge in [-0.15, -0.1) is 0 Å². The quantitative estimate of drug-likeness (QED) is 0.710. The van der Waals surface area contributed by atoms with Crippen molar-refractivity contribution in [2.75, 3.05) is 13.1 Å². The van der Waals surface area contributed by atoms with Crippen LogP contribution in [0, 0.1) is 0 Å². The lowest BCUT2D eigenvalue weighted by Crippen LogP contribution is -2.44. The molecule has 0 atom stereocenters. The molecule has 1 aliphatic rings. The number of carboxylic acid groups (broad SMARTS) is 1. The number of amides is 1. The summed E-state index contributed by atoms with van der Waals surface area (Å²) in [7, 11) is 0. The number of carbonyl (C=O) groups is 2. The van der Waals surface area contributed by atoms with Gasteiger partial charge < -0.3 is 5.11 Å². The number of hydrazine groups is 1. The van der Waals surface area contributed by atoms with Gasteiger partial charge in [-0.3, -0.25) is 14.6 Å². The van der Waals surface area contributed by atoms with Crippen molar-refractivity contribution in [1.82, 2.24) is 10.0 Å². The molecule has 0 radical (unpaired) electrons. The van der Waals surface area contributed by atoms with E-state index in [1.165, 1.54) is 0 Å². The first-order valence-corrected chi connectivity index (χ1v) is 4.81. The van der Waals surface area contributed by atoms with E-state index in [0.29, 0.717) is 19.5 Å². The molecular formula is C9H16N2O3. The molecule has 1 rings (SSSR count). The SMILES string of the molecule is CC(C)N1C(=O)CCN1CCC(=O)O. The fourth-order valence-electron chi connectivity index (χ4n) is 1.66. The molecule has 14 heavy (non-hydrogen) atoms. The highest BCUT2D eigenvalue weighted by molar-refractivity contribution is 5.78. The topological polar surface area (TPSA) is 60.9 Å². The van der Waals surface area contributed by atoms with Gasteiger partial charge in [0.1, 0.15) is 0 Å². The van der Waals surface area contributed by atoms with Gasteiger partial charge in [0.25, 0.3) is 0 Å². The first-order chi connectivity index (χ1) is 6.52. The summed E-state index contributed by atoms with van der Waals surface area (Å²) in [5.74, 6) is -0.738. The first kappa shape index (κ1) is 11.0. The lowest BCUT2D eigenvalue weighted by molar-refractivity contribution is -0.145. The molecule has 0 unspecified atom stereocenters. The molecule has 80 valence electrons. The van der Waals surface area contributed by atoms with Crippen LogP contribution in [0.2, 0.25) is 0 Å². The van der Waals surface area contributed by atoms with Crippen molar-refractivity contribution in [1.29, 1.82) is 0 Å². The maximum atomic E-state index is 11.4. The molecule has 0 aromatic carbocycles. The number of hydrogen-bond donors (Lipinski definition) is 1. The fourth-order valence-corrected chi connectivity index (χ4v) is 1.66. The van der Waals surface area contributed by atoms with Crippen molar-refractivity contribution < 1.29 is 14.7 Å². The lowest BCUT2D eigenvalue weighted by Gasteiger charge is -2.30. The molecule has 1 amide bonds.